The summed E-state index contributed by atoms with van der Waals surface area (Å²) in [5.41, 5.74) is 1.56. The van der Waals surface area contributed by atoms with Crippen LogP contribution in [0.3, 0.4) is 0 Å². The van der Waals surface area contributed by atoms with Crippen molar-refractivity contribution in [1.82, 2.24) is 5.32 Å². The van der Waals surface area contributed by atoms with Gasteiger partial charge in [-0.1, -0.05) is 24.3 Å². The number of anilines is 1. The summed E-state index contributed by atoms with van der Waals surface area (Å²) >= 11 is 1.27. The molecule has 0 spiro atoms. The summed E-state index contributed by atoms with van der Waals surface area (Å²) < 4.78 is 10.6. The molecule has 2 N–H and O–H groups in total. The van der Waals surface area contributed by atoms with Gasteiger partial charge in [-0.25, -0.2) is 0 Å². The van der Waals surface area contributed by atoms with Crippen LogP contribution >= 0.6 is 11.3 Å². The largest absolute Gasteiger partial charge is 0.493 e. The molecule has 0 aliphatic carbocycles. The Labute approximate surface area is 189 Å². The average molecular weight is 451 g/mol. The van der Waals surface area contributed by atoms with Gasteiger partial charge in [0.15, 0.2) is 17.3 Å². The monoisotopic (exact) mass is 450 g/mol. The Kier molecular flexibility index (Phi) is 7.41. The van der Waals surface area contributed by atoms with Crippen molar-refractivity contribution >= 4 is 40.7 Å². The highest BCUT2D eigenvalue weighted by atomic mass is 32.1. The molecule has 32 heavy (non-hydrogen) atoms. The van der Waals surface area contributed by atoms with Crippen LogP contribution in [0.5, 0.6) is 11.5 Å². The molecular weight excluding hydrogens is 428 g/mol. The van der Waals surface area contributed by atoms with E-state index in [9.17, 15) is 14.4 Å². The van der Waals surface area contributed by atoms with Crippen LogP contribution in [0, 0.1) is 0 Å². The van der Waals surface area contributed by atoms with Crippen molar-refractivity contribution < 1.29 is 23.9 Å². The minimum absolute atomic E-state index is 0.0313. The predicted molar refractivity (Wildman–Crippen MR) is 124 cm³/mol. The van der Waals surface area contributed by atoms with E-state index in [2.05, 4.69) is 10.6 Å². The molecule has 0 unspecified atom stereocenters. The summed E-state index contributed by atoms with van der Waals surface area (Å²) in [6.07, 6.45) is 1.54. The highest BCUT2D eigenvalue weighted by molar-refractivity contribution is 7.12. The molecule has 0 saturated carbocycles. The van der Waals surface area contributed by atoms with E-state index in [-0.39, 0.29) is 11.5 Å². The topological polar surface area (TPSA) is 93.7 Å². The Morgan fingerprint density at radius 1 is 0.938 bits per heavy atom. The maximum absolute atomic E-state index is 13.0. The fourth-order valence-electron chi connectivity index (χ4n) is 2.87. The molecule has 0 bridgehead atoms. The molecule has 0 atom stereocenters. The second-order valence-corrected chi connectivity index (χ2v) is 7.64. The first-order valence-electron chi connectivity index (χ1n) is 9.62. The molecule has 8 heteroatoms. The number of Topliss-reactive ketones (excluding diaryl/α,β-unsaturated/α-hetero) is 1. The minimum Gasteiger partial charge on any atom is -0.493 e. The van der Waals surface area contributed by atoms with Crippen molar-refractivity contribution in [2.24, 2.45) is 0 Å². The van der Waals surface area contributed by atoms with Crippen molar-refractivity contribution in [1.29, 1.82) is 0 Å². The lowest BCUT2D eigenvalue weighted by Crippen LogP contribution is -2.30. The van der Waals surface area contributed by atoms with Gasteiger partial charge in [0.25, 0.3) is 11.8 Å². The number of ether oxygens (including phenoxy) is 2. The van der Waals surface area contributed by atoms with E-state index < -0.39 is 11.8 Å². The number of ketones is 1. The van der Waals surface area contributed by atoms with Crippen LogP contribution in [0.15, 0.2) is 65.7 Å². The Bertz CT molecular complexity index is 1170. The molecule has 0 aliphatic rings. The lowest BCUT2D eigenvalue weighted by atomic mass is 10.1. The van der Waals surface area contributed by atoms with Gasteiger partial charge in [-0.3, -0.25) is 14.4 Å². The summed E-state index contributed by atoms with van der Waals surface area (Å²) in [5, 5.41) is 7.18. The van der Waals surface area contributed by atoms with Gasteiger partial charge in [0.1, 0.15) is 5.70 Å². The number of nitrogens with one attached hydrogen (secondary N) is 2. The molecule has 0 aliphatic heterocycles. The molecule has 164 valence electrons. The van der Waals surface area contributed by atoms with Gasteiger partial charge in [0.05, 0.1) is 19.1 Å². The molecule has 1 heterocycles. The molecule has 7 nitrogen and oxygen atoms in total. The number of benzene rings is 2. The molecule has 1 aromatic heterocycles. The van der Waals surface area contributed by atoms with Crippen molar-refractivity contribution in [3.05, 3.63) is 81.7 Å². The lowest BCUT2D eigenvalue weighted by molar-refractivity contribution is -0.113. The van der Waals surface area contributed by atoms with Crippen molar-refractivity contribution in [3.63, 3.8) is 0 Å². The van der Waals surface area contributed by atoms with E-state index in [1.54, 1.807) is 60.0 Å². The third-order valence-corrected chi connectivity index (χ3v) is 5.35. The van der Waals surface area contributed by atoms with Crippen LogP contribution in [-0.2, 0) is 4.79 Å². The minimum atomic E-state index is -0.537. The lowest BCUT2D eigenvalue weighted by Gasteiger charge is -2.12. The first-order valence-corrected chi connectivity index (χ1v) is 10.5. The highest BCUT2D eigenvalue weighted by Gasteiger charge is 2.16. The van der Waals surface area contributed by atoms with Gasteiger partial charge in [-0.15, -0.1) is 11.3 Å². The van der Waals surface area contributed by atoms with Gasteiger partial charge in [0, 0.05) is 11.3 Å². The number of carbonyl (C=O) groups is 3. The molecule has 0 saturated heterocycles. The smallest absolute Gasteiger partial charge is 0.272 e. The number of amides is 2. The third-order valence-electron chi connectivity index (χ3n) is 4.48. The summed E-state index contributed by atoms with van der Waals surface area (Å²) in [5.74, 6) is -0.0305. The normalized spacial score (nSPS) is 10.9. The third kappa shape index (κ3) is 5.61. The molecule has 2 amide bonds. The van der Waals surface area contributed by atoms with Crippen molar-refractivity contribution in [2.75, 3.05) is 19.5 Å². The van der Waals surface area contributed by atoms with Crippen LogP contribution in [-0.4, -0.2) is 31.8 Å². The summed E-state index contributed by atoms with van der Waals surface area (Å²) in [7, 11) is 3.04. The molecule has 2 aromatic carbocycles. The van der Waals surface area contributed by atoms with Crippen LogP contribution in [0.25, 0.3) is 6.08 Å². The van der Waals surface area contributed by atoms with Gasteiger partial charge in [-0.05, 0) is 54.3 Å². The first-order chi connectivity index (χ1) is 15.4. The molecule has 0 radical (unpaired) electrons. The number of rotatable bonds is 8. The van der Waals surface area contributed by atoms with Crippen molar-refractivity contribution in [2.45, 2.75) is 6.92 Å². The first kappa shape index (κ1) is 22.8. The summed E-state index contributed by atoms with van der Waals surface area (Å²) in [6, 6.07) is 15.1. The number of thiophene rings is 1. The van der Waals surface area contributed by atoms with Gasteiger partial charge < -0.3 is 20.1 Å². The number of hydrogen-bond donors (Lipinski definition) is 2. The second kappa shape index (κ2) is 10.4. The van der Waals surface area contributed by atoms with E-state index in [0.29, 0.717) is 33.2 Å². The molecular formula is C24H22N2O5S. The Morgan fingerprint density at radius 3 is 2.38 bits per heavy atom. The van der Waals surface area contributed by atoms with Gasteiger partial charge in [0.2, 0.25) is 0 Å². The van der Waals surface area contributed by atoms with Crippen LogP contribution < -0.4 is 20.1 Å². The number of carbonyl (C=O) groups excluding carboxylic acids is 3. The van der Waals surface area contributed by atoms with E-state index in [0.717, 1.165) is 0 Å². The number of methoxy groups -OCH3 is 2. The number of hydrogen-bond acceptors (Lipinski definition) is 6. The highest BCUT2D eigenvalue weighted by Crippen LogP contribution is 2.28. The van der Waals surface area contributed by atoms with Crippen LogP contribution in [0.2, 0.25) is 0 Å². The molecule has 3 aromatic rings. The quantitative estimate of drug-likeness (QED) is 0.392. The second-order valence-electron chi connectivity index (χ2n) is 6.69. The fraction of sp³-hybridized carbons (Fsp3) is 0.125. The zero-order valence-electron chi connectivity index (χ0n) is 17.8. The zero-order valence-corrected chi connectivity index (χ0v) is 18.6. The zero-order chi connectivity index (χ0) is 23.1. The predicted octanol–water partition coefficient (Wildman–Crippen LogP) is 4.38. The van der Waals surface area contributed by atoms with E-state index in [1.165, 1.54) is 38.6 Å². The SMILES string of the molecule is COc1ccc(C=C(NC(=O)c2cccs2)C(=O)Nc2cccc(C(C)=O)c2)cc1OC. The van der Waals surface area contributed by atoms with Crippen LogP contribution in [0.1, 0.15) is 32.5 Å². The maximum Gasteiger partial charge on any atom is 0.272 e. The summed E-state index contributed by atoms with van der Waals surface area (Å²) in [6.45, 7) is 1.45. The van der Waals surface area contributed by atoms with E-state index in [4.69, 9.17) is 9.47 Å². The summed E-state index contributed by atoms with van der Waals surface area (Å²) in [4.78, 5) is 37.8. The Morgan fingerprint density at radius 2 is 1.72 bits per heavy atom. The van der Waals surface area contributed by atoms with Crippen LogP contribution in [0.4, 0.5) is 5.69 Å². The average Bonchev–Trinajstić information content (AvgIpc) is 3.33. The molecule has 0 fully saturated rings. The maximum atomic E-state index is 13.0. The van der Waals surface area contributed by atoms with E-state index in [1.807, 2.05) is 0 Å². The molecule has 3 rings (SSSR count). The van der Waals surface area contributed by atoms with Gasteiger partial charge in [-0.2, -0.15) is 0 Å². The van der Waals surface area contributed by atoms with E-state index >= 15 is 0 Å². The van der Waals surface area contributed by atoms with Crippen molar-refractivity contribution in [3.8, 4) is 11.5 Å². The Hall–Kier alpha value is -3.91. The Balaban J connectivity index is 1.93. The standard InChI is InChI=1S/C24H22N2O5S/c1-15(27)17-6-4-7-18(14-17)25-23(28)19(26-24(29)22-8-5-11-32-22)12-16-9-10-20(30-2)21(13-16)31-3/h4-14H,1-3H3,(H,25,28)(H,26,29). The fourth-order valence-corrected chi connectivity index (χ4v) is 3.49. The van der Waals surface area contributed by atoms with Gasteiger partial charge >= 0.3 is 0 Å².